The standard InChI is InChI=1S/C36H45N5O2/c1-36(2,3)26-12-18-29(19-13-26)41-32(24-8-14-27(15-9-24)39-34(42)30-6-4-22-37-30)20-21-33(41)25-10-16-28(17-11-25)40-35(43)31-7-5-23-38-31/h8-19,30-33,37-38H,4-7,20-23H2,1-3H3,(H,39,42)(H,40,43). The summed E-state index contributed by atoms with van der Waals surface area (Å²) < 4.78 is 0. The van der Waals surface area contributed by atoms with Crippen LogP contribution in [0.15, 0.2) is 72.8 Å². The van der Waals surface area contributed by atoms with Crippen LogP contribution in [-0.2, 0) is 15.0 Å². The van der Waals surface area contributed by atoms with Crippen LogP contribution < -0.4 is 26.2 Å². The molecule has 0 aliphatic carbocycles. The van der Waals surface area contributed by atoms with Crippen LogP contribution in [0, 0.1) is 0 Å². The Balaban J connectivity index is 1.23. The van der Waals surface area contributed by atoms with E-state index in [1.54, 1.807) is 0 Å². The highest BCUT2D eigenvalue weighted by molar-refractivity contribution is 5.95. The van der Waals surface area contributed by atoms with E-state index in [4.69, 9.17) is 0 Å². The van der Waals surface area contributed by atoms with Crippen LogP contribution in [0.4, 0.5) is 17.1 Å². The Labute approximate surface area is 255 Å². The Morgan fingerprint density at radius 1 is 0.651 bits per heavy atom. The molecule has 6 rings (SSSR count). The number of hydrogen-bond acceptors (Lipinski definition) is 5. The van der Waals surface area contributed by atoms with E-state index in [1.165, 1.54) is 22.4 Å². The van der Waals surface area contributed by atoms with Crippen molar-refractivity contribution in [3.63, 3.8) is 0 Å². The van der Waals surface area contributed by atoms with Gasteiger partial charge in [0.25, 0.3) is 0 Å². The van der Waals surface area contributed by atoms with Gasteiger partial charge in [0.05, 0.1) is 24.2 Å². The Morgan fingerprint density at radius 2 is 1.09 bits per heavy atom. The van der Waals surface area contributed by atoms with Crippen molar-refractivity contribution in [3.8, 4) is 0 Å². The summed E-state index contributed by atoms with van der Waals surface area (Å²) in [6, 6.07) is 26.1. The molecule has 3 fully saturated rings. The van der Waals surface area contributed by atoms with Gasteiger partial charge in [0, 0.05) is 17.1 Å². The van der Waals surface area contributed by atoms with Crippen molar-refractivity contribution >= 4 is 28.9 Å². The van der Waals surface area contributed by atoms with Gasteiger partial charge in [0.15, 0.2) is 0 Å². The van der Waals surface area contributed by atoms with Crippen molar-refractivity contribution in [2.75, 3.05) is 28.6 Å². The second kappa shape index (κ2) is 12.5. The Hall–Kier alpha value is -3.68. The predicted octanol–water partition coefficient (Wildman–Crippen LogP) is 6.45. The monoisotopic (exact) mass is 579 g/mol. The van der Waals surface area contributed by atoms with Crippen molar-refractivity contribution in [2.45, 2.75) is 88.9 Å². The molecule has 0 saturated carbocycles. The Kier molecular flexibility index (Phi) is 8.55. The van der Waals surface area contributed by atoms with Crippen LogP contribution in [0.2, 0.25) is 0 Å². The third-order valence-electron chi connectivity index (χ3n) is 9.30. The first-order valence-corrected chi connectivity index (χ1v) is 15.9. The van der Waals surface area contributed by atoms with E-state index in [2.05, 4.69) is 95.5 Å². The van der Waals surface area contributed by atoms with E-state index in [0.717, 1.165) is 63.0 Å². The maximum absolute atomic E-state index is 12.6. The van der Waals surface area contributed by atoms with E-state index >= 15 is 0 Å². The van der Waals surface area contributed by atoms with Crippen LogP contribution in [0.5, 0.6) is 0 Å². The molecule has 3 aromatic rings. The molecule has 3 heterocycles. The number of carbonyl (C=O) groups is 2. The number of nitrogens with zero attached hydrogens (tertiary/aromatic N) is 1. The van der Waals surface area contributed by atoms with Crippen LogP contribution >= 0.6 is 0 Å². The van der Waals surface area contributed by atoms with E-state index in [9.17, 15) is 9.59 Å². The minimum absolute atomic E-state index is 0.0471. The van der Waals surface area contributed by atoms with E-state index in [-0.39, 0.29) is 41.4 Å². The molecule has 43 heavy (non-hydrogen) atoms. The van der Waals surface area contributed by atoms with Gasteiger partial charge >= 0.3 is 0 Å². The lowest BCUT2D eigenvalue weighted by Crippen LogP contribution is -2.35. The predicted molar refractivity (Wildman–Crippen MR) is 175 cm³/mol. The third-order valence-corrected chi connectivity index (χ3v) is 9.30. The molecule has 3 aromatic carbocycles. The van der Waals surface area contributed by atoms with Gasteiger partial charge in [-0.25, -0.2) is 0 Å². The lowest BCUT2D eigenvalue weighted by atomic mass is 9.87. The Morgan fingerprint density at radius 3 is 1.47 bits per heavy atom. The minimum Gasteiger partial charge on any atom is -0.357 e. The average Bonchev–Trinajstić information content (AvgIpc) is 3.80. The molecule has 2 amide bonds. The third kappa shape index (κ3) is 6.63. The molecule has 0 bridgehead atoms. The second-order valence-electron chi connectivity index (χ2n) is 13.3. The zero-order valence-electron chi connectivity index (χ0n) is 25.7. The highest BCUT2D eigenvalue weighted by Crippen LogP contribution is 2.47. The van der Waals surface area contributed by atoms with Gasteiger partial charge in [-0.15, -0.1) is 0 Å². The van der Waals surface area contributed by atoms with Gasteiger partial charge in [-0.3, -0.25) is 9.59 Å². The molecular formula is C36H45N5O2. The highest BCUT2D eigenvalue weighted by atomic mass is 16.2. The molecule has 0 radical (unpaired) electrons. The molecule has 3 aliphatic rings. The van der Waals surface area contributed by atoms with Gasteiger partial charge in [-0.05, 0) is 110 Å². The zero-order valence-corrected chi connectivity index (χ0v) is 25.7. The Bertz CT molecular complexity index is 1320. The summed E-state index contributed by atoms with van der Waals surface area (Å²) in [7, 11) is 0. The van der Waals surface area contributed by atoms with Gasteiger partial charge in [-0.2, -0.15) is 0 Å². The maximum Gasteiger partial charge on any atom is 0.241 e. The molecule has 226 valence electrons. The van der Waals surface area contributed by atoms with E-state index in [0.29, 0.717) is 0 Å². The van der Waals surface area contributed by atoms with Gasteiger partial charge < -0.3 is 26.2 Å². The number of nitrogens with one attached hydrogen (secondary N) is 4. The maximum atomic E-state index is 12.6. The normalized spacial score (nSPS) is 23.8. The molecule has 3 aliphatic heterocycles. The van der Waals surface area contributed by atoms with Crippen molar-refractivity contribution in [3.05, 3.63) is 89.5 Å². The summed E-state index contributed by atoms with van der Waals surface area (Å²) in [5.74, 6) is 0.0942. The van der Waals surface area contributed by atoms with Gasteiger partial charge in [0.2, 0.25) is 11.8 Å². The topological polar surface area (TPSA) is 85.5 Å². The van der Waals surface area contributed by atoms with E-state index < -0.39 is 0 Å². The smallest absolute Gasteiger partial charge is 0.241 e. The van der Waals surface area contributed by atoms with Crippen molar-refractivity contribution in [2.24, 2.45) is 0 Å². The van der Waals surface area contributed by atoms with Crippen LogP contribution in [0.3, 0.4) is 0 Å². The molecule has 4 atom stereocenters. The van der Waals surface area contributed by atoms with Crippen LogP contribution in [-0.4, -0.2) is 37.0 Å². The minimum atomic E-state index is -0.0964. The number of carbonyl (C=O) groups excluding carboxylic acids is 2. The molecule has 3 saturated heterocycles. The summed E-state index contributed by atoms with van der Waals surface area (Å²) in [4.78, 5) is 27.8. The summed E-state index contributed by atoms with van der Waals surface area (Å²) in [6.07, 6.45) is 5.91. The van der Waals surface area contributed by atoms with Gasteiger partial charge in [-0.1, -0.05) is 57.2 Å². The van der Waals surface area contributed by atoms with Crippen LogP contribution in [0.25, 0.3) is 0 Å². The molecule has 0 aromatic heterocycles. The molecular weight excluding hydrogens is 534 g/mol. The summed E-state index contributed by atoms with van der Waals surface area (Å²) in [5.41, 5.74) is 6.77. The van der Waals surface area contributed by atoms with Crippen molar-refractivity contribution < 1.29 is 9.59 Å². The first-order chi connectivity index (χ1) is 20.8. The second-order valence-corrected chi connectivity index (χ2v) is 13.3. The van der Waals surface area contributed by atoms with E-state index in [1.807, 2.05) is 24.3 Å². The molecule has 7 heteroatoms. The lowest BCUT2D eigenvalue weighted by Gasteiger charge is -2.34. The number of anilines is 3. The van der Waals surface area contributed by atoms with Gasteiger partial charge in [0.1, 0.15) is 0 Å². The number of benzene rings is 3. The summed E-state index contributed by atoms with van der Waals surface area (Å²) in [5, 5.41) is 12.7. The summed E-state index contributed by atoms with van der Waals surface area (Å²) in [6.45, 7) is 8.55. The largest absolute Gasteiger partial charge is 0.357 e. The first-order valence-electron chi connectivity index (χ1n) is 15.9. The average molecular weight is 580 g/mol. The number of amides is 2. The highest BCUT2D eigenvalue weighted by Gasteiger charge is 2.36. The quantitative estimate of drug-likeness (QED) is 0.259. The molecule has 4 N–H and O–H groups in total. The lowest BCUT2D eigenvalue weighted by molar-refractivity contribution is -0.118. The molecule has 4 unspecified atom stereocenters. The molecule has 7 nitrogen and oxygen atoms in total. The fourth-order valence-corrected chi connectivity index (χ4v) is 6.81. The fraction of sp³-hybridized carbons (Fsp3) is 0.444. The SMILES string of the molecule is CC(C)(C)c1ccc(N2C(c3ccc(NC(=O)C4CCCN4)cc3)CCC2c2ccc(NC(=O)C3CCCN3)cc2)cc1. The van der Waals surface area contributed by atoms with Crippen LogP contribution in [0.1, 0.15) is 88.1 Å². The number of rotatable bonds is 7. The zero-order chi connectivity index (χ0) is 30.0. The molecule has 0 spiro atoms. The summed E-state index contributed by atoms with van der Waals surface area (Å²) >= 11 is 0. The number of hydrogen-bond donors (Lipinski definition) is 4. The van der Waals surface area contributed by atoms with Crippen molar-refractivity contribution in [1.29, 1.82) is 0 Å². The van der Waals surface area contributed by atoms with Crippen molar-refractivity contribution in [1.82, 2.24) is 10.6 Å². The fourth-order valence-electron chi connectivity index (χ4n) is 6.81. The first kappa shape index (κ1) is 29.4.